The maximum Gasteiger partial charge on any atom is 0.352 e. The van der Waals surface area contributed by atoms with Crippen LogP contribution >= 0.6 is 0 Å². The van der Waals surface area contributed by atoms with Crippen LogP contribution in [-0.4, -0.2) is 24.5 Å². The number of hydrogen-bond donors (Lipinski definition) is 3. The van der Waals surface area contributed by atoms with Gasteiger partial charge in [-0.05, 0) is 12.1 Å². The number of rotatable bonds is 2. The van der Waals surface area contributed by atoms with Gasteiger partial charge in [-0.1, -0.05) is 0 Å². The van der Waals surface area contributed by atoms with Crippen LogP contribution in [-0.2, 0) is 10.0 Å². The van der Waals surface area contributed by atoms with E-state index >= 15 is 0 Å². The third-order valence-corrected chi connectivity index (χ3v) is 2.05. The topological polar surface area (TPSA) is 113 Å². The number of carbonyl (C=O) groups is 1. The van der Waals surface area contributed by atoms with E-state index in [4.69, 9.17) is 10.2 Å². The van der Waals surface area contributed by atoms with Gasteiger partial charge in [-0.15, -0.1) is 0 Å². The van der Waals surface area contributed by atoms with Crippen LogP contribution in [0, 0.1) is 0 Å². The number of aromatic nitrogens is 1. The minimum absolute atomic E-state index is 0.209. The summed E-state index contributed by atoms with van der Waals surface area (Å²) >= 11 is 0. The molecule has 0 aliphatic heterocycles. The molecule has 0 amide bonds. The molecular weight excluding hydrogens is 184 g/mol. The van der Waals surface area contributed by atoms with Gasteiger partial charge < -0.3 is 10.1 Å². The number of primary sulfonamides is 1. The predicted octanol–water partition coefficient (Wildman–Crippen LogP) is -0.640. The summed E-state index contributed by atoms with van der Waals surface area (Å²) in [6.45, 7) is 0. The quantitative estimate of drug-likeness (QED) is 0.575. The third-order valence-electron chi connectivity index (χ3n) is 1.20. The summed E-state index contributed by atoms with van der Waals surface area (Å²) in [7, 11) is -3.83. The Morgan fingerprint density at radius 2 is 2.08 bits per heavy atom. The molecule has 0 saturated heterocycles. The number of H-pyrrole nitrogens is 1. The Balaban J connectivity index is 3.17. The average molecular weight is 190 g/mol. The van der Waals surface area contributed by atoms with Crippen molar-refractivity contribution in [2.45, 2.75) is 5.03 Å². The Labute approximate surface area is 68.1 Å². The number of nitrogens with two attached hydrogens (primary N) is 1. The van der Waals surface area contributed by atoms with Crippen molar-refractivity contribution in [3.8, 4) is 0 Å². The fourth-order valence-electron chi connectivity index (χ4n) is 0.666. The molecule has 0 unspecified atom stereocenters. The van der Waals surface area contributed by atoms with E-state index in [-0.39, 0.29) is 10.7 Å². The summed E-state index contributed by atoms with van der Waals surface area (Å²) in [5, 5.41) is 12.8. The Hall–Kier alpha value is -1.34. The molecule has 0 bridgehead atoms. The van der Waals surface area contributed by atoms with Crippen molar-refractivity contribution in [2.75, 3.05) is 0 Å². The largest absolute Gasteiger partial charge is 0.477 e. The van der Waals surface area contributed by atoms with Gasteiger partial charge in [-0.3, -0.25) is 0 Å². The van der Waals surface area contributed by atoms with Crippen LogP contribution in [0.15, 0.2) is 17.2 Å². The lowest BCUT2D eigenvalue weighted by Crippen LogP contribution is -2.12. The lowest BCUT2D eigenvalue weighted by Gasteiger charge is -1.90. The van der Waals surface area contributed by atoms with Gasteiger partial charge >= 0.3 is 5.97 Å². The number of aromatic amines is 1. The fourth-order valence-corrected chi connectivity index (χ4v) is 1.18. The van der Waals surface area contributed by atoms with E-state index in [1.807, 2.05) is 0 Å². The number of nitrogens with one attached hydrogen (secondary N) is 1. The van der Waals surface area contributed by atoms with Crippen LogP contribution in [0.5, 0.6) is 0 Å². The zero-order chi connectivity index (χ0) is 9.35. The second kappa shape index (κ2) is 2.61. The molecule has 1 aromatic heterocycles. The van der Waals surface area contributed by atoms with Crippen molar-refractivity contribution in [1.29, 1.82) is 0 Å². The van der Waals surface area contributed by atoms with Gasteiger partial charge in [0.25, 0.3) is 10.0 Å². The highest BCUT2D eigenvalue weighted by Gasteiger charge is 2.12. The molecule has 1 aromatic rings. The van der Waals surface area contributed by atoms with E-state index in [1.54, 1.807) is 0 Å². The molecule has 7 heteroatoms. The minimum Gasteiger partial charge on any atom is -0.477 e. The zero-order valence-electron chi connectivity index (χ0n) is 5.81. The van der Waals surface area contributed by atoms with Gasteiger partial charge in [0, 0.05) is 0 Å². The Bertz CT molecular complexity index is 405. The highest BCUT2D eigenvalue weighted by molar-refractivity contribution is 7.89. The van der Waals surface area contributed by atoms with Crippen LogP contribution in [0.2, 0.25) is 0 Å². The van der Waals surface area contributed by atoms with Crippen molar-refractivity contribution in [3.63, 3.8) is 0 Å². The van der Waals surface area contributed by atoms with Crippen molar-refractivity contribution in [3.05, 3.63) is 17.8 Å². The van der Waals surface area contributed by atoms with E-state index < -0.39 is 16.0 Å². The van der Waals surface area contributed by atoms with Gasteiger partial charge in [-0.25, -0.2) is 18.4 Å². The van der Waals surface area contributed by atoms with Crippen LogP contribution < -0.4 is 5.14 Å². The lowest BCUT2D eigenvalue weighted by atomic mass is 10.4. The predicted molar refractivity (Wildman–Crippen MR) is 39.1 cm³/mol. The lowest BCUT2D eigenvalue weighted by molar-refractivity contribution is 0.0691. The Morgan fingerprint density at radius 1 is 1.50 bits per heavy atom. The number of carboxylic acids is 1. The fraction of sp³-hybridized carbons (Fsp3) is 0. The molecule has 0 aromatic carbocycles. The van der Waals surface area contributed by atoms with E-state index in [2.05, 4.69) is 4.98 Å². The number of carboxylic acid groups (broad SMARTS) is 1. The molecule has 0 fully saturated rings. The second-order valence-electron chi connectivity index (χ2n) is 2.09. The van der Waals surface area contributed by atoms with Crippen molar-refractivity contribution in [2.24, 2.45) is 5.14 Å². The van der Waals surface area contributed by atoms with Gasteiger partial charge in [-0.2, -0.15) is 0 Å². The van der Waals surface area contributed by atoms with Crippen molar-refractivity contribution >= 4 is 16.0 Å². The molecule has 0 spiro atoms. The molecule has 1 rings (SSSR count). The van der Waals surface area contributed by atoms with Crippen LogP contribution in [0.4, 0.5) is 0 Å². The number of hydrogen-bond acceptors (Lipinski definition) is 3. The maximum atomic E-state index is 10.6. The Morgan fingerprint density at radius 3 is 2.33 bits per heavy atom. The Kier molecular flexibility index (Phi) is 1.90. The second-order valence-corrected chi connectivity index (χ2v) is 3.62. The summed E-state index contributed by atoms with van der Waals surface area (Å²) in [4.78, 5) is 12.4. The van der Waals surface area contributed by atoms with Crippen LogP contribution in [0.25, 0.3) is 0 Å². The van der Waals surface area contributed by atoms with E-state index in [9.17, 15) is 13.2 Å². The molecule has 66 valence electrons. The van der Waals surface area contributed by atoms with Gasteiger partial charge in [0.05, 0.1) is 0 Å². The van der Waals surface area contributed by atoms with Gasteiger partial charge in [0.2, 0.25) is 0 Å². The van der Waals surface area contributed by atoms with Crippen molar-refractivity contribution < 1.29 is 18.3 Å². The molecular formula is C5H6N2O4S. The minimum atomic E-state index is -3.83. The van der Waals surface area contributed by atoms with E-state index in [0.29, 0.717) is 0 Å². The van der Waals surface area contributed by atoms with Gasteiger partial charge in [0.15, 0.2) is 0 Å². The summed E-state index contributed by atoms with van der Waals surface area (Å²) in [6, 6.07) is 2.22. The number of aromatic carboxylic acids is 1. The summed E-state index contributed by atoms with van der Waals surface area (Å²) < 4.78 is 21.2. The molecule has 0 radical (unpaired) electrons. The molecule has 0 atom stereocenters. The highest BCUT2D eigenvalue weighted by atomic mass is 32.2. The smallest absolute Gasteiger partial charge is 0.352 e. The summed E-state index contributed by atoms with van der Waals surface area (Å²) in [5.74, 6) is -1.23. The van der Waals surface area contributed by atoms with E-state index in [0.717, 1.165) is 12.1 Å². The molecule has 6 nitrogen and oxygen atoms in total. The molecule has 0 saturated carbocycles. The monoisotopic (exact) mass is 190 g/mol. The molecule has 1 heterocycles. The first-order chi connectivity index (χ1) is 5.41. The molecule has 4 N–H and O–H groups in total. The number of sulfonamides is 1. The highest BCUT2D eigenvalue weighted by Crippen LogP contribution is 2.05. The summed E-state index contributed by atoms with van der Waals surface area (Å²) in [6.07, 6.45) is 0. The molecule has 12 heavy (non-hydrogen) atoms. The van der Waals surface area contributed by atoms with Crippen LogP contribution in [0.3, 0.4) is 0 Å². The van der Waals surface area contributed by atoms with Gasteiger partial charge in [0.1, 0.15) is 10.7 Å². The standard InChI is InChI=1S/C5H6N2O4S/c6-12(10,11)4-2-1-3(7-4)5(8)9/h1-2,7H,(H,8,9)(H2,6,10,11). The molecule has 0 aliphatic rings. The average Bonchev–Trinajstić information content (AvgIpc) is 2.30. The summed E-state index contributed by atoms with van der Waals surface area (Å²) in [5.41, 5.74) is -0.209. The molecule has 0 aliphatic carbocycles. The first-order valence-corrected chi connectivity index (χ1v) is 4.41. The van der Waals surface area contributed by atoms with E-state index in [1.165, 1.54) is 0 Å². The van der Waals surface area contributed by atoms with Crippen LogP contribution in [0.1, 0.15) is 10.5 Å². The SMILES string of the molecule is NS(=O)(=O)c1ccc(C(=O)O)[nH]1. The maximum absolute atomic E-state index is 10.6. The first kappa shape index (κ1) is 8.75. The normalized spacial score (nSPS) is 11.4. The van der Waals surface area contributed by atoms with Crippen molar-refractivity contribution in [1.82, 2.24) is 4.98 Å². The third kappa shape index (κ3) is 1.63. The first-order valence-electron chi connectivity index (χ1n) is 2.86. The zero-order valence-corrected chi connectivity index (χ0v) is 6.63.